The lowest BCUT2D eigenvalue weighted by Crippen LogP contribution is -1.92. The van der Waals surface area contributed by atoms with Crippen molar-refractivity contribution in [3.63, 3.8) is 0 Å². The summed E-state index contributed by atoms with van der Waals surface area (Å²) in [6.45, 7) is 1.59. The molecule has 5 nitrogen and oxygen atoms in total. The minimum absolute atomic E-state index is 0.0545. The van der Waals surface area contributed by atoms with Gasteiger partial charge >= 0.3 is 5.97 Å². The topological polar surface area (TPSA) is 83.6 Å². The number of aromatic carboxylic acids is 1. The van der Waals surface area contributed by atoms with Gasteiger partial charge in [-0.1, -0.05) is 11.2 Å². The zero-order valence-corrected chi connectivity index (χ0v) is 8.77. The highest BCUT2D eigenvalue weighted by molar-refractivity contribution is 5.86. The molecule has 0 aliphatic heterocycles. The summed E-state index contributed by atoms with van der Waals surface area (Å²) in [5.74, 6) is -2.70. The van der Waals surface area contributed by atoms with E-state index >= 15 is 0 Å². The van der Waals surface area contributed by atoms with E-state index in [0.29, 0.717) is 5.56 Å². The molecule has 0 amide bonds. The summed E-state index contributed by atoms with van der Waals surface area (Å²) >= 11 is 0. The molecule has 0 atom stereocenters. The summed E-state index contributed by atoms with van der Waals surface area (Å²) in [5.41, 5.74) is 0.239. The third-order valence-electron chi connectivity index (χ3n) is 2.31. The van der Waals surface area contributed by atoms with Crippen LogP contribution in [0.5, 0.6) is 5.75 Å². The van der Waals surface area contributed by atoms with Crippen molar-refractivity contribution < 1.29 is 23.9 Å². The molecule has 2 N–H and O–H groups in total. The van der Waals surface area contributed by atoms with Gasteiger partial charge in [0, 0.05) is 6.07 Å². The molecule has 0 spiro atoms. The lowest BCUT2D eigenvalue weighted by atomic mass is 10.1. The van der Waals surface area contributed by atoms with E-state index in [9.17, 15) is 14.3 Å². The Morgan fingerprint density at radius 1 is 1.47 bits per heavy atom. The van der Waals surface area contributed by atoms with Gasteiger partial charge in [0.15, 0.2) is 0 Å². The molecule has 0 saturated heterocycles. The number of carbonyl (C=O) groups is 1. The van der Waals surface area contributed by atoms with E-state index < -0.39 is 17.5 Å². The predicted octanol–water partition coefficient (Wildman–Crippen LogP) is 2.19. The minimum Gasteiger partial charge on any atom is -0.507 e. The van der Waals surface area contributed by atoms with Gasteiger partial charge in [0.05, 0.1) is 5.56 Å². The fourth-order valence-electron chi connectivity index (χ4n) is 1.41. The highest BCUT2D eigenvalue weighted by Crippen LogP contribution is 2.33. The summed E-state index contributed by atoms with van der Waals surface area (Å²) < 4.78 is 18.0. The Morgan fingerprint density at radius 3 is 2.76 bits per heavy atom. The minimum atomic E-state index is -1.31. The second-order valence-corrected chi connectivity index (χ2v) is 3.47. The Bertz CT molecular complexity index is 591. The van der Waals surface area contributed by atoms with Crippen LogP contribution in [0.4, 0.5) is 4.39 Å². The third kappa shape index (κ3) is 1.84. The summed E-state index contributed by atoms with van der Waals surface area (Å²) in [6, 6.07) is 3.63. The number of hydrogen-bond donors (Lipinski definition) is 2. The maximum atomic E-state index is 13.5. The van der Waals surface area contributed by atoms with Crippen molar-refractivity contribution in [3.05, 3.63) is 35.3 Å². The predicted molar refractivity (Wildman–Crippen MR) is 55.3 cm³/mol. The monoisotopic (exact) mass is 237 g/mol. The molecule has 88 valence electrons. The number of halogens is 1. The zero-order valence-electron chi connectivity index (χ0n) is 8.77. The molecule has 0 aliphatic carbocycles. The molecule has 0 fully saturated rings. The molecule has 0 saturated carbocycles. The van der Waals surface area contributed by atoms with Gasteiger partial charge in [-0.25, -0.2) is 9.18 Å². The van der Waals surface area contributed by atoms with Crippen molar-refractivity contribution in [2.24, 2.45) is 0 Å². The van der Waals surface area contributed by atoms with Gasteiger partial charge in [-0.3, -0.25) is 0 Å². The first-order chi connectivity index (χ1) is 8.00. The standard InChI is InChI=1S/C11H8FNO4/c1-5-2-3-6(12)9(10(5)14)7-4-8(11(15)16)17-13-7/h2-4,14H,1H3,(H,15,16). The molecule has 1 aromatic carbocycles. The average Bonchev–Trinajstić information content (AvgIpc) is 2.73. The summed E-state index contributed by atoms with van der Waals surface area (Å²) in [6.07, 6.45) is 0. The van der Waals surface area contributed by atoms with Crippen LogP contribution < -0.4 is 0 Å². The van der Waals surface area contributed by atoms with Gasteiger partial charge < -0.3 is 14.7 Å². The third-order valence-corrected chi connectivity index (χ3v) is 2.31. The van der Waals surface area contributed by atoms with Gasteiger partial charge in [-0.05, 0) is 18.6 Å². The van der Waals surface area contributed by atoms with Crippen LogP contribution in [0.15, 0.2) is 22.7 Å². The lowest BCUT2D eigenvalue weighted by molar-refractivity contribution is 0.0652. The molecule has 0 bridgehead atoms. The quantitative estimate of drug-likeness (QED) is 0.836. The largest absolute Gasteiger partial charge is 0.507 e. The van der Waals surface area contributed by atoms with E-state index in [1.807, 2.05) is 0 Å². The maximum absolute atomic E-state index is 13.5. The number of aromatic hydroxyl groups is 1. The van der Waals surface area contributed by atoms with Gasteiger partial charge in [-0.15, -0.1) is 0 Å². The normalized spacial score (nSPS) is 10.5. The van der Waals surface area contributed by atoms with Crippen molar-refractivity contribution >= 4 is 5.97 Å². The number of rotatable bonds is 2. The second-order valence-electron chi connectivity index (χ2n) is 3.47. The Morgan fingerprint density at radius 2 is 2.18 bits per heavy atom. The van der Waals surface area contributed by atoms with E-state index in [1.54, 1.807) is 6.92 Å². The van der Waals surface area contributed by atoms with Gasteiger partial charge in [-0.2, -0.15) is 0 Å². The van der Waals surface area contributed by atoms with Crippen molar-refractivity contribution in [1.29, 1.82) is 0 Å². The Labute approximate surface area is 95.1 Å². The molecule has 1 heterocycles. The number of phenolic OH excluding ortho intramolecular Hbond substituents is 1. The van der Waals surface area contributed by atoms with Gasteiger partial charge in [0.1, 0.15) is 17.3 Å². The molecular formula is C11H8FNO4. The molecule has 6 heteroatoms. The van der Waals surface area contributed by atoms with E-state index in [1.165, 1.54) is 12.1 Å². The Balaban J connectivity index is 2.60. The number of hydrogen-bond acceptors (Lipinski definition) is 4. The number of benzene rings is 1. The van der Waals surface area contributed by atoms with E-state index in [0.717, 1.165) is 6.07 Å². The van der Waals surface area contributed by atoms with Crippen LogP contribution in [0, 0.1) is 12.7 Å². The first kappa shape index (κ1) is 11.1. The zero-order chi connectivity index (χ0) is 12.6. The van der Waals surface area contributed by atoms with Gasteiger partial charge in [0.25, 0.3) is 0 Å². The molecule has 0 unspecified atom stereocenters. The van der Waals surface area contributed by atoms with Crippen LogP contribution in [0.2, 0.25) is 0 Å². The van der Waals surface area contributed by atoms with E-state index in [4.69, 9.17) is 5.11 Å². The van der Waals surface area contributed by atoms with Crippen LogP contribution >= 0.6 is 0 Å². The Kier molecular flexibility index (Phi) is 2.55. The average molecular weight is 237 g/mol. The first-order valence-electron chi connectivity index (χ1n) is 4.69. The smallest absolute Gasteiger partial charge is 0.374 e. The number of aromatic nitrogens is 1. The van der Waals surface area contributed by atoms with Crippen molar-refractivity contribution in [1.82, 2.24) is 5.16 Å². The molecular weight excluding hydrogens is 229 g/mol. The summed E-state index contributed by atoms with van der Waals surface area (Å²) in [7, 11) is 0. The number of phenols is 1. The number of carboxylic acids is 1. The van der Waals surface area contributed by atoms with E-state index in [2.05, 4.69) is 9.68 Å². The Hall–Kier alpha value is -2.37. The van der Waals surface area contributed by atoms with Crippen LogP contribution in [-0.2, 0) is 0 Å². The van der Waals surface area contributed by atoms with Crippen LogP contribution in [0.25, 0.3) is 11.3 Å². The molecule has 0 radical (unpaired) electrons. The van der Waals surface area contributed by atoms with Crippen LogP contribution in [0.1, 0.15) is 16.1 Å². The molecule has 2 aromatic rings. The van der Waals surface area contributed by atoms with Crippen molar-refractivity contribution in [2.75, 3.05) is 0 Å². The summed E-state index contributed by atoms with van der Waals surface area (Å²) in [5, 5.41) is 21.8. The van der Waals surface area contributed by atoms with Crippen molar-refractivity contribution in [3.8, 4) is 17.0 Å². The molecule has 17 heavy (non-hydrogen) atoms. The number of nitrogens with zero attached hydrogens (tertiary/aromatic N) is 1. The second kappa shape index (κ2) is 3.89. The van der Waals surface area contributed by atoms with Crippen LogP contribution in [0.3, 0.4) is 0 Å². The lowest BCUT2D eigenvalue weighted by Gasteiger charge is -2.04. The summed E-state index contributed by atoms with van der Waals surface area (Å²) in [4.78, 5) is 10.6. The highest BCUT2D eigenvalue weighted by Gasteiger charge is 2.19. The fraction of sp³-hybridized carbons (Fsp3) is 0.0909. The highest BCUT2D eigenvalue weighted by atomic mass is 19.1. The van der Waals surface area contributed by atoms with Crippen LogP contribution in [-0.4, -0.2) is 21.3 Å². The SMILES string of the molecule is Cc1ccc(F)c(-c2cc(C(=O)O)on2)c1O. The fourth-order valence-corrected chi connectivity index (χ4v) is 1.41. The van der Waals surface area contributed by atoms with Gasteiger partial charge in [0.2, 0.25) is 5.76 Å². The van der Waals surface area contributed by atoms with E-state index in [-0.39, 0.29) is 17.0 Å². The first-order valence-corrected chi connectivity index (χ1v) is 4.69. The molecule has 0 aliphatic rings. The number of carboxylic acid groups (broad SMARTS) is 1. The van der Waals surface area contributed by atoms with Crippen molar-refractivity contribution in [2.45, 2.75) is 6.92 Å². The maximum Gasteiger partial charge on any atom is 0.374 e. The molecule has 1 aromatic heterocycles. The molecule has 2 rings (SSSR count). The number of aryl methyl sites for hydroxylation is 1.